The van der Waals surface area contributed by atoms with Crippen LogP contribution in [-0.4, -0.2) is 70.1 Å². The minimum Gasteiger partial charge on any atom is -0.381 e. The third-order valence-electron chi connectivity index (χ3n) is 11.0. The molecule has 0 aromatic heterocycles. The molecule has 55 heavy (non-hydrogen) atoms. The number of rotatable bonds is 43. The van der Waals surface area contributed by atoms with E-state index in [1.54, 1.807) is 0 Å². The normalized spacial score (nSPS) is 11.7. The van der Waals surface area contributed by atoms with Gasteiger partial charge in [0.15, 0.2) is 0 Å². The molecule has 0 amide bonds. The Morgan fingerprint density at radius 2 is 0.727 bits per heavy atom. The fourth-order valence-electron chi connectivity index (χ4n) is 7.16. The largest absolute Gasteiger partial charge is 0.381 e. The summed E-state index contributed by atoms with van der Waals surface area (Å²) in [6.07, 6.45) is 47.6. The van der Waals surface area contributed by atoms with Crippen LogP contribution in [0.2, 0.25) is 0 Å². The molecule has 1 atom stereocenters. The van der Waals surface area contributed by atoms with Gasteiger partial charge in [0.2, 0.25) is 0 Å². The number of aldehydes is 2. The number of carbonyl (C=O) groups is 2. The van der Waals surface area contributed by atoms with Gasteiger partial charge < -0.3 is 29.7 Å². The third-order valence-corrected chi connectivity index (χ3v) is 11.0. The average molecular weight is 783 g/mol. The number of nitrogens with two attached hydrogens (primary N) is 1. The summed E-state index contributed by atoms with van der Waals surface area (Å²) in [7, 11) is 3.71. The number of ether oxygens (including phenoxy) is 2. The van der Waals surface area contributed by atoms with Gasteiger partial charge >= 0.3 is 0 Å². The molecule has 0 heterocycles. The predicted octanol–water partition coefficient (Wildman–Crippen LogP) is 14.4. The molecule has 0 spiro atoms. The Bertz CT molecular complexity index is 637. The van der Waals surface area contributed by atoms with Gasteiger partial charge in [-0.1, -0.05) is 182 Å². The molecule has 0 aliphatic carbocycles. The summed E-state index contributed by atoms with van der Waals surface area (Å²) in [5.41, 5.74) is 5.64. The van der Waals surface area contributed by atoms with E-state index in [0.29, 0.717) is 12.2 Å². The van der Waals surface area contributed by atoms with Gasteiger partial charge in [-0.3, -0.25) is 0 Å². The minimum absolute atomic E-state index is 0.506. The van der Waals surface area contributed by atoms with Crippen molar-refractivity contribution in [3.8, 4) is 0 Å². The highest BCUT2D eigenvalue weighted by Crippen LogP contribution is 2.16. The van der Waals surface area contributed by atoms with Crippen LogP contribution in [0.3, 0.4) is 0 Å². The van der Waals surface area contributed by atoms with E-state index in [-0.39, 0.29) is 0 Å². The number of nitrogens with zero attached hydrogens (tertiary/aromatic N) is 1. The van der Waals surface area contributed by atoms with Crippen LogP contribution in [0.1, 0.15) is 252 Å². The first-order chi connectivity index (χ1) is 27.0. The molecule has 6 nitrogen and oxygen atoms in total. The zero-order valence-electron chi connectivity index (χ0n) is 38.5. The molecule has 0 bridgehead atoms. The lowest BCUT2D eigenvalue weighted by Gasteiger charge is -2.22. The number of hydrogen-bond acceptors (Lipinski definition) is 6. The molecule has 0 aromatic rings. The molecule has 0 aliphatic rings. The monoisotopic (exact) mass is 783 g/mol. The quantitative estimate of drug-likeness (QED) is 0.0490. The molecule has 0 rings (SSSR count). The van der Waals surface area contributed by atoms with Crippen molar-refractivity contribution < 1.29 is 19.1 Å². The van der Waals surface area contributed by atoms with Gasteiger partial charge in [-0.05, 0) is 84.0 Å². The summed E-state index contributed by atoms with van der Waals surface area (Å²) in [5, 5.41) is 0. The molecule has 1 unspecified atom stereocenters. The van der Waals surface area contributed by atoms with Gasteiger partial charge in [-0.15, -0.1) is 0 Å². The summed E-state index contributed by atoms with van der Waals surface area (Å²) in [5.74, 6) is 0. The summed E-state index contributed by atoms with van der Waals surface area (Å²) in [4.78, 5) is 23.1. The van der Waals surface area contributed by atoms with E-state index in [9.17, 15) is 9.59 Å². The maximum Gasteiger partial charge on any atom is 0.119 e. The molecule has 0 aliphatic heterocycles. The van der Waals surface area contributed by atoms with E-state index < -0.39 is 0 Å². The molecule has 0 aromatic carbocycles. The maximum absolute atomic E-state index is 10.2. The Labute approximate surface area is 346 Å². The SMILES string of the molecule is CCCCCCCCC(CC)OC.CCCCCCCCC(CCCCCCCC)OC.NCCCN(CCCCCCCC=O)CCCCCCCC=O. The van der Waals surface area contributed by atoms with E-state index in [1.165, 1.54) is 199 Å². The van der Waals surface area contributed by atoms with E-state index in [4.69, 9.17) is 15.2 Å². The summed E-state index contributed by atoms with van der Waals surface area (Å²) in [6.45, 7) is 13.3. The molecular weight excluding hydrogens is 681 g/mol. The number of hydrogen-bond donors (Lipinski definition) is 1. The van der Waals surface area contributed by atoms with Crippen molar-refractivity contribution in [2.45, 2.75) is 265 Å². The highest BCUT2D eigenvalue weighted by Gasteiger charge is 2.07. The molecule has 0 saturated heterocycles. The van der Waals surface area contributed by atoms with Gasteiger partial charge in [0, 0.05) is 27.1 Å². The van der Waals surface area contributed by atoms with Crippen LogP contribution in [0.5, 0.6) is 0 Å². The van der Waals surface area contributed by atoms with Crippen LogP contribution >= 0.6 is 0 Å². The van der Waals surface area contributed by atoms with Crippen LogP contribution in [0.4, 0.5) is 0 Å². The van der Waals surface area contributed by atoms with Gasteiger partial charge in [-0.25, -0.2) is 0 Å². The maximum atomic E-state index is 10.2. The van der Waals surface area contributed by atoms with E-state index in [0.717, 1.165) is 64.2 Å². The number of carbonyl (C=O) groups excluding carboxylic acids is 2. The van der Waals surface area contributed by atoms with E-state index in [1.807, 2.05) is 14.2 Å². The van der Waals surface area contributed by atoms with Crippen LogP contribution in [0, 0.1) is 0 Å². The lowest BCUT2D eigenvalue weighted by atomic mass is 10.0. The second-order valence-electron chi connectivity index (χ2n) is 16.2. The summed E-state index contributed by atoms with van der Waals surface area (Å²) < 4.78 is 10.9. The van der Waals surface area contributed by atoms with Crippen LogP contribution in [0.25, 0.3) is 0 Å². The first-order valence-electron chi connectivity index (χ1n) is 24.4. The van der Waals surface area contributed by atoms with Gasteiger partial charge in [0.25, 0.3) is 0 Å². The number of methoxy groups -OCH3 is 2. The highest BCUT2D eigenvalue weighted by molar-refractivity contribution is 5.49. The molecule has 6 heteroatoms. The minimum atomic E-state index is 0.506. The molecule has 2 N–H and O–H groups in total. The second-order valence-corrected chi connectivity index (χ2v) is 16.2. The van der Waals surface area contributed by atoms with Crippen molar-refractivity contribution in [2.24, 2.45) is 5.73 Å². The Balaban J connectivity index is -0.000000766. The topological polar surface area (TPSA) is 81.9 Å². The molecular formula is C49H102N2O4. The zero-order valence-corrected chi connectivity index (χ0v) is 38.5. The van der Waals surface area contributed by atoms with Crippen molar-refractivity contribution in [1.82, 2.24) is 4.90 Å². The Morgan fingerprint density at radius 1 is 0.418 bits per heavy atom. The van der Waals surface area contributed by atoms with Crippen molar-refractivity contribution in [1.29, 1.82) is 0 Å². The fourth-order valence-corrected chi connectivity index (χ4v) is 7.16. The lowest BCUT2D eigenvalue weighted by Crippen LogP contribution is -2.28. The van der Waals surface area contributed by atoms with Crippen molar-refractivity contribution in [3.05, 3.63) is 0 Å². The standard InChI is InChI=1S/C19H38N2O2.C18H38O.C12H26O/c20-14-13-17-21(15-9-5-1-3-7-11-18-22)16-10-6-2-4-8-12-19-23;1-4-6-8-10-12-14-16-18(19-3)17-15-13-11-9-7-5-2;1-4-6-7-8-9-10-11-12(5-2)13-3/h18-19H,1-17,20H2;18H,4-17H2,1-3H3;12H,4-11H2,1-3H3. The smallest absolute Gasteiger partial charge is 0.119 e. The van der Waals surface area contributed by atoms with Crippen LogP contribution in [-0.2, 0) is 19.1 Å². The lowest BCUT2D eigenvalue weighted by molar-refractivity contribution is -0.108. The van der Waals surface area contributed by atoms with Crippen LogP contribution < -0.4 is 5.73 Å². The Kier molecular flexibility index (Phi) is 58.8. The molecule has 0 radical (unpaired) electrons. The fraction of sp³-hybridized carbons (Fsp3) is 0.959. The number of unbranched alkanes of at least 4 members (excludes halogenated alkanes) is 25. The van der Waals surface area contributed by atoms with Crippen molar-refractivity contribution in [2.75, 3.05) is 40.4 Å². The van der Waals surface area contributed by atoms with Gasteiger partial charge in [0.1, 0.15) is 12.6 Å². The Hall–Kier alpha value is -0.820. The third kappa shape index (κ3) is 53.2. The second kappa shape index (κ2) is 55.3. The van der Waals surface area contributed by atoms with E-state index >= 15 is 0 Å². The molecule has 0 fully saturated rings. The summed E-state index contributed by atoms with van der Waals surface area (Å²) >= 11 is 0. The predicted molar refractivity (Wildman–Crippen MR) is 244 cm³/mol. The average Bonchev–Trinajstić information content (AvgIpc) is 3.21. The van der Waals surface area contributed by atoms with Gasteiger partial charge in [0.05, 0.1) is 12.2 Å². The Morgan fingerprint density at radius 3 is 1.05 bits per heavy atom. The first-order valence-corrected chi connectivity index (χ1v) is 24.4. The van der Waals surface area contributed by atoms with Crippen molar-refractivity contribution >= 4 is 12.6 Å². The first kappa shape index (κ1) is 58.5. The van der Waals surface area contributed by atoms with E-state index in [2.05, 4.69) is 32.6 Å². The van der Waals surface area contributed by atoms with Gasteiger partial charge in [-0.2, -0.15) is 0 Å². The van der Waals surface area contributed by atoms with Crippen molar-refractivity contribution in [3.63, 3.8) is 0 Å². The molecule has 0 saturated carbocycles. The highest BCUT2D eigenvalue weighted by atomic mass is 16.5. The molecule has 332 valence electrons. The summed E-state index contributed by atoms with van der Waals surface area (Å²) in [6, 6.07) is 0. The van der Waals surface area contributed by atoms with Crippen LogP contribution in [0.15, 0.2) is 0 Å². The zero-order chi connectivity index (χ0) is 41.1.